The van der Waals surface area contributed by atoms with Gasteiger partial charge in [-0.15, -0.1) is 0 Å². The molecule has 1 amide bonds. The molecule has 1 aromatic carbocycles. The molecule has 1 unspecified atom stereocenters. The molecule has 0 saturated carbocycles. The molecule has 0 spiro atoms. The van der Waals surface area contributed by atoms with Gasteiger partial charge in [0.25, 0.3) is 5.91 Å². The SMILES string of the molecule is O=C(c1ccc(CS(=O)CC2CCOCC2)cc1)N1CCCC1. The zero-order chi connectivity index (χ0) is 16.1. The minimum absolute atomic E-state index is 0.123. The van der Waals surface area contributed by atoms with Crippen molar-refractivity contribution in [3.63, 3.8) is 0 Å². The average molecular weight is 335 g/mol. The molecule has 2 aliphatic heterocycles. The summed E-state index contributed by atoms with van der Waals surface area (Å²) in [4.78, 5) is 14.2. The van der Waals surface area contributed by atoms with Gasteiger partial charge in [0.15, 0.2) is 0 Å². The summed E-state index contributed by atoms with van der Waals surface area (Å²) in [7, 11) is -0.839. The Morgan fingerprint density at radius 1 is 1.13 bits per heavy atom. The monoisotopic (exact) mass is 335 g/mol. The first-order chi connectivity index (χ1) is 11.2. The fourth-order valence-corrected chi connectivity index (χ4v) is 4.81. The van der Waals surface area contributed by atoms with Crippen molar-refractivity contribution in [3.05, 3.63) is 35.4 Å². The van der Waals surface area contributed by atoms with Gasteiger partial charge in [-0.3, -0.25) is 9.00 Å². The average Bonchev–Trinajstić information content (AvgIpc) is 3.10. The molecule has 2 heterocycles. The Morgan fingerprint density at radius 2 is 1.78 bits per heavy atom. The van der Waals surface area contributed by atoms with E-state index in [0.29, 0.717) is 11.7 Å². The van der Waals surface area contributed by atoms with Gasteiger partial charge in [-0.2, -0.15) is 0 Å². The number of carbonyl (C=O) groups is 1. The molecule has 5 heteroatoms. The molecule has 4 nitrogen and oxygen atoms in total. The van der Waals surface area contributed by atoms with Gasteiger partial charge in [0.05, 0.1) is 0 Å². The van der Waals surface area contributed by atoms with E-state index in [2.05, 4.69) is 0 Å². The topological polar surface area (TPSA) is 46.6 Å². The summed E-state index contributed by atoms with van der Waals surface area (Å²) in [5.74, 6) is 1.99. The van der Waals surface area contributed by atoms with Gasteiger partial charge in [0.2, 0.25) is 0 Å². The Kier molecular flexibility index (Phi) is 5.84. The first-order valence-electron chi connectivity index (χ1n) is 8.53. The fraction of sp³-hybridized carbons (Fsp3) is 0.611. The van der Waals surface area contributed by atoms with Crippen LogP contribution in [0.5, 0.6) is 0 Å². The fourth-order valence-electron chi connectivity index (χ4n) is 3.27. The number of ether oxygens (including phenoxy) is 1. The van der Waals surface area contributed by atoms with Gasteiger partial charge < -0.3 is 9.64 Å². The standard InChI is InChI=1S/C18H25NO3S/c20-18(19-9-1-2-10-19)17-5-3-15(4-6-17)13-23(21)14-16-7-11-22-12-8-16/h3-6,16H,1-2,7-14H2. The molecular formula is C18H25NO3S. The van der Waals surface area contributed by atoms with Crippen LogP contribution in [0.15, 0.2) is 24.3 Å². The van der Waals surface area contributed by atoms with E-state index in [1.54, 1.807) is 0 Å². The minimum Gasteiger partial charge on any atom is -0.381 e. The zero-order valence-corrected chi connectivity index (χ0v) is 14.4. The third-order valence-corrected chi connectivity index (χ3v) is 6.18. The first-order valence-corrected chi connectivity index (χ1v) is 10.0. The zero-order valence-electron chi connectivity index (χ0n) is 13.5. The Morgan fingerprint density at radius 3 is 2.43 bits per heavy atom. The number of likely N-dealkylation sites (tertiary alicyclic amines) is 1. The predicted molar refractivity (Wildman–Crippen MR) is 91.8 cm³/mol. The van der Waals surface area contributed by atoms with Crippen LogP contribution in [-0.2, 0) is 21.3 Å². The lowest BCUT2D eigenvalue weighted by molar-refractivity contribution is 0.0725. The van der Waals surface area contributed by atoms with Gasteiger partial charge in [-0.25, -0.2) is 0 Å². The second kappa shape index (κ2) is 8.06. The highest BCUT2D eigenvalue weighted by Gasteiger charge is 2.20. The minimum atomic E-state index is -0.839. The van der Waals surface area contributed by atoms with E-state index in [1.807, 2.05) is 29.2 Å². The Bertz CT molecular complexity index is 546. The molecular weight excluding hydrogens is 310 g/mol. The summed E-state index contributed by atoms with van der Waals surface area (Å²) in [6, 6.07) is 7.65. The quantitative estimate of drug-likeness (QED) is 0.831. The van der Waals surface area contributed by atoms with Crippen LogP contribution in [0.4, 0.5) is 0 Å². The third kappa shape index (κ3) is 4.64. The molecule has 23 heavy (non-hydrogen) atoms. The van der Waals surface area contributed by atoms with Crippen molar-refractivity contribution in [1.82, 2.24) is 4.90 Å². The number of hydrogen-bond acceptors (Lipinski definition) is 3. The van der Waals surface area contributed by atoms with E-state index in [1.165, 1.54) is 0 Å². The van der Waals surface area contributed by atoms with E-state index < -0.39 is 10.8 Å². The molecule has 1 atom stereocenters. The lowest BCUT2D eigenvalue weighted by Crippen LogP contribution is -2.27. The van der Waals surface area contributed by atoms with Gasteiger partial charge in [0.1, 0.15) is 0 Å². The lowest BCUT2D eigenvalue weighted by atomic mass is 10.0. The van der Waals surface area contributed by atoms with Crippen LogP contribution in [0, 0.1) is 5.92 Å². The lowest BCUT2D eigenvalue weighted by Gasteiger charge is -2.21. The second-order valence-electron chi connectivity index (χ2n) is 6.50. The van der Waals surface area contributed by atoms with Crippen LogP contribution in [0.25, 0.3) is 0 Å². The predicted octanol–water partition coefficient (Wildman–Crippen LogP) is 2.60. The number of benzene rings is 1. The first kappa shape index (κ1) is 16.7. The maximum absolute atomic E-state index is 12.3. The highest BCUT2D eigenvalue weighted by Crippen LogP contribution is 2.18. The number of nitrogens with zero attached hydrogens (tertiary/aromatic N) is 1. The molecule has 0 bridgehead atoms. The molecule has 2 saturated heterocycles. The van der Waals surface area contributed by atoms with Crippen molar-refractivity contribution in [3.8, 4) is 0 Å². The number of amides is 1. The van der Waals surface area contributed by atoms with Crippen LogP contribution < -0.4 is 0 Å². The Hall–Kier alpha value is -1.20. The maximum atomic E-state index is 12.3. The smallest absolute Gasteiger partial charge is 0.253 e. The van der Waals surface area contributed by atoms with E-state index >= 15 is 0 Å². The summed E-state index contributed by atoms with van der Waals surface area (Å²) < 4.78 is 17.6. The van der Waals surface area contributed by atoms with Crippen molar-refractivity contribution in [2.75, 3.05) is 32.1 Å². The van der Waals surface area contributed by atoms with Crippen molar-refractivity contribution in [2.24, 2.45) is 5.92 Å². The molecule has 2 aliphatic rings. The summed E-state index contributed by atoms with van der Waals surface area (Å²) in [5, 5.41) is 0. The highest BCUT2D eigenvalue weighted by molar-refractivity contribution is 7.84. The molecule has 3 rings (SSSR count). The Labute approximate surface area is 140 Å². The van der Waals surface area contributed by atoms with Gasteiger partial charge >= 0.3 is 0 Å². The summed E-state index contributed by atoms with van der Waals surface area (Å²) in [6.07, 6.45) is 4.26. The van der Waals surface area contributed by atoms with Crippen LogP contribution in [-0.4, -0.2) is 47.1 Å². The number of carbonyl (C=O) groups excluding carboxylic acids is 1. The summed E-state index contributed by atoms with van der Waals surface area (Å²) in [5.41, 5.74) is 1.79. The normalized spacial score (nSPS) is 20.6. The Balaban J connectivity index is 1.52. The molecule has 0 aliphatic carbocycles. The molecule has 1 aromatic rings. The van der Waals surface area contributed by atoms with Crippen molar-refractivity contribution < 1.29 is 13.7 Å². The van der Waals surface area contributed by atoms with E-state index in [0.717, 1.165) is 68.9 Å². The molecule has 126 valence electrons. The van der Waals surface area contributed by atoms with E-state index in [9.17, 15) is 9.00 Å². The number of hydrogen-bond donors (Lipinski definition) is 0. The number of rotatable bonds is 5. The summed E-state index contributed by atoms with van der Waals surface area (Å²) >= 11 is 0. The van der Waals surface area contributed by atoms with Crippen molar-refractivity contribution in [2.45, 2.75) is 31.4 Å². The highest BCUT2D eigenvalue weighted by atomic mass is 32.2. The van der Waals surface area contributed by atoms with Gasteiger partial charge in [0, 0.05) is 54.2 Å². The molecule has 0 aromatic heterocycles. The maximum Gasteiger partial charge on any atom is 0.253 e. The van der Waals surface area contributed by atoms with E-state index in [-0.39, 0.29) is 5.91 Å². The van der Waals surface area contributed by atoms with Gasteiger partial charge in [-0.1, -0.05) is 12.1 Å². The third-order valence-electron chi connectivity index (χ3n) is 4.68. The molecule has 0 radical (unpaired) electrons. The molecule has 2 fully saturated rings. The van der Waals surface area contributed by atoms with Crippen LogP contribution in [0.2, 0.25) is 0 Å². The van der Waals surface area contributed by atoms with Gasteiger partial charge in [-0.05, 0) is 49.3 Å². The second-order valence-corrected chi connectivity index (χ2v) is 8.00. The van der Waals surface area contributed by atoms with Crippen molar-refractivity contribution >= 4 is 16.7 Å². The van der Waals surface area contributed by atoms with E-state index in [4.69, 9.17) is 4.74 Å². The van der Waals surface area contributed by atoms with Crippen LogP contribution in [0.3, 0.4) is 0 Å². The molecule has 0 N–H and O–H groups in total. The van der Waals surface area contributed by atoms with Crippen LogP contribution in [0.1, 0.15) is 41.6 Å². The summed E-state index contributed by atoms with van der Waals surface area (Å²) in [6.45, 7) is 3.34. The largest absolute Gasteiger partial charge is 0.381 e. The van der Waals surface area contributed by atoms with Crippen molar-refractivity contribution in [1.29, 1.82) is 0 Å². The van der Waals surface area contributed by atoms with Crippen LogP contribution >= 0.6 is 0 Å².